The smallest absolute Gasteiger partial charge is 0.257 e. The van der Waals surface area contributed by atoms with Crippen LogP contribution in [0.2, 0.25) is 0 Å². The number of hydrogen-bond donors (Lipinski definition) is 0. The molecule has 1 fully saturated rings. The molecule has 1 saturated heterocycles. The predicted molar refractivity (Wildman–Crippen MR) is 83.6 cm³/mol. The van der Waals surface area contributed by atoms with Gasteiger partial charge in [-0.05, 0) is 18.9 Å². The Morgan fingerprint density at radius 2 is 2.00 bits per heavy atom. The van der Waals surface area contributed by atoms with Crippen LogP contribution in [-0.2, 0) is 0 Å². The molecule has 2 heterocycles. The van der Waals surface area contributed by atoms with Gasteiger partial charge in [-0.3, -0.25) is 14.6 Å². The Hall–Kier alpha value is -2.56. The van der Waals surface area contributed by atoms with E-state index in [1.807, 2.05) is 18.2 Å². The van der Waals surface area contributed by atoms with E-state index in [1.165, 1.54) is 12.3 Å². The summed E-state index contributed by atoms with van der Waals surface area (Å²) >= 11 is 0. The van der Waals surface area contributed by atoms with Crippen LogP contribution in [0.5, 0.6) is 0 Å². The maximum Gasteiger partial charge on any atom is 0.257 e. The predicted octanol–water partition coefficient (Wildman–Crippen LogP) is 3.10. The quantitative estimate of drug-likeness (QED) is 0.815. The monoisotopic (exact) mass is 312 g/mol. The molecule has 0 spiro atoms. The number of halogens is 1. The van der Waals surface area contributed by atoms with Crippen molar-refractivity contribution in [1.29, 1.82) is 0 Å². The van der Waals surface area contributed by atoms with Crippen molar-refractivity contribution >= 4 is 11.7 Å². The van der Waals surface area contributed by atoms with Crippen LogP contribution < -0.4 is 0 Å². The van der Waals surface area contributed by atoms with E-state index in [9.17, 15) is 14.0 Å². The SMILES string of the molecule is O=C(C[C@H]1CCCN1C(=O)c1ccncc1F)c1ccccc1. The first-order valence-corrected chi connectivity index (χ1v) is 7.65. The normalized spacial score (nSPS) is 17.3. The van der Waals surface area contributed by atoms with E-state index in [0.717, 1.165) is 19.0 Å². The second-order valence-corrected chi connectivity index (χ2v) is 5.64. The number of amides is 1. The number of carbonyl (C=O) groups excluding carboxylic acids is 2. The Morgan fingerprint density at radius 3 is 2.74 bits per heavy atom. The minimum absolute atomic E-state index is 0.00509. The number of nitrogens with zero attached hydrogens (tertiary/aromatic N) is 2. The molecule has 1 amide bonds. The summed E-state index contributed by atoms with van der Waals surface area (Å²) in [4.78, 5) is 30.2. The highest BCUT2D eigenvalue weighted by molar-refractivity contribution is 5.98. The third-order valence-electron chi connectivity index (χ3n) is 4.16. The first-order chi connectivity index (χ1) is 11.2. The molecule has 1 aliphatic rings. The van der Waals surface area contributed by atoms with Gasteiger partial charge >= 0.3 is 0 Å². The van der Waals surface area contributed by atoms with Gasteiger partial charge in [0, 0.05) is 30.8 Å². The van der Waals surface area contributed by atoms with Gasteiger partial charge in [-0.2, -0.15) is 0 Å². The van der Waals surface area contributed by atoms with E-state index < -0.39 is 5.82 Å². The lowest BCUT2D eigenvalue weighted by Crippen LogP contribution is -2.37. The number of aromatic nitrogens is 1. The summed E-state index contributed by atoms with van der Waals surface area (Å²) < 4.78 is 13.8. The van der Waals surface area contributed by atoms with Crippen molar-refractivity contribution in [3.63, 3.8) is 0 Å². The second kappa shape index (κ2) is 6.69. The standard InChI is InChI=1S/C18H17FN2O2/c19-16-12-20-9-8-15(16)18(23)21-10-4-7-14(21)11-17(22)13-5-2-1-3-6-13/h1-3,5-6,8-9,12,14H,4,7,10-11H2/t14-/m1/s1. The van der Waals surface area contributed by atoms with Gasteiger partial charge < -0.3 is 4.90 Å². The second-order valence-electron chi connectivity index (χ2n) is 5.64. The van der Waals surface area contributed by atoms with Gasteiger partial charge in [-0.1, -0.05) is 30.3 Å². The number of benzene rings is 1. The molecule has 5 heteroatoms. The molecule has 0 bridgehead atoms. The fourth-order valence-electron chi connectivity index (χ4n) is 2.97. The number of Topliss-reactive ketones (excluding diaryl/α,β-unsaturated/α-hetero) is 1. The topological polar surface area (TPSA) is 50.3 Å². The number of pyridine rings is 1. The van der Waals surface area contributed by atoms with Crippen LogP contribution >= 0.6 is 0 Å². The van der Waals surface area contributed by atoms with Crippen LogP contribution in [-0.4, -0.2) is 34.2 Å². The fourth-order valence-corrected chi connectivity index (χ4v) is 2.97. The minimum Gasteiger partial charge on any atom is -0.335 e. The zero-order chi connectivity index (χ0) is 16.2. The molecule has 1 aromatic heterocycles. The molecule has 1 aromatic carbocycles. The maximum absolute atomic E-state index is 13.8. The van der Waals surface area contributed by atoms with Gasteiger partial charge in [-0.25, -0.2) is 4.39 Å². The Morgan fingerprint density at radius 1 is 1.22 bits per heavy atom. The molecular formula is C18H17FN2O2. The summed E-state index contributed by atoms with van der Waals surface area (Å²) in [6, 6.07) is 10.2. The molecule has 118 valence electrons. The molecule has 23 heavy (non-hydrogen) atoms. The van der Waals surface area contributed by atoms with Crippen LogP contribution in [0.4, 0.5) is 4.39 Å². The van der Waals surface area contributed by atoms with Gasteiger partial charge in [0.15, 0.2) is 11.6 Å². The molecular weight excluding hydrogens is 295 g/mol. The van der Waals surface area contributed by atoms with Crippen LogP contribution in [0.1, 0.15) is 40.0 Å². The zero-order valence-corrected chi connectivity index (χ0v) is 12.6. The third-order valence-corrected chi connectivity index (χ3v) is 4.16. The van der Waals surface area contributed by atoms with E-state index >= 15 is 0 Å². The first-order valence-electron chi connectivity index (χ1n) is 7.65. The summed E-state index contributed by atoms with van der Waals surface area (Å²) in [5, 5.41) is 0. The Kier molecular flexibility index (Phi) is 4.46. The summed E-state index contributed by atoms with van der Waals surface area (Å²) in [5.41, 5.74) is 0.654. The number of rotatable bonds is 4. The van der Waals surface area contributed by atoms with Crippen molar-refractivity contribution in [3.8, 4) is 0 Å². The Balaban J connectivity index is 1.74. The molecule has 4 nitrogen and oxygen atoms in total. The van der Waals surface area contributed by atoms with Crippen molar-refractivity contribution in [3.05, 3.63) is 65.7 Å². The van der Waals surface area contributed by atoms with Gasteiger partial charge in [0.05, 0.1) is 11.8 Å². The lowest BCUT2D eigenvalue weighted by Gasteiger charge is -2.24. The number of hydrogen-bond acceptors (Lipinski definition) is 3. The lowest BCUT2D eigenvalue weighted by atomic mass is 10.0. The average molecular weight is 312 g/mol. The van der Waals surface area contributed by atoms with Crippen molar-refractivity contribution in [1.82, 2.24) is 9.88 Å². The highest BCUT2D eigenvalue weighted by Gasteiger charge is 2.32. The van der Waals surface area contributed by atoms with Crippen molar-refractivity contribution in [2.24, 2.45) is 0 Å². The number of carbonyl (C=O) groups is 2. The lowest BCUT2D eigenvalue weighted by molar-refractivity contribution is 0.0712. The average Bonchev–Trinajstić information content (AvgIpc) is 3.03. The maximum atomic E-state index is 13.8. The molecule has 0 N–H and O–H groups in total. The number of likely N-dealkylation sites (tertiary alicyclic amines) is 1. The molecule has 1 aliphatic heterocycles. The van der Waals surface area contributed by atoms with Crippen molar-refractivity contribution in [2.75, 3.05) is 6.54 Å². The van der Waals surface area contributed by atoms with E-state index in [-0.39, 0.29) is 29.7 Å². The largest absolute Gasteiger partial charge is 0.335 e. The van der Waals surface area contributed by atoms with Crippen LogP contribution in [0.15, 0.2) is 48.8 Å². The van der Waals surface area contributed by atoms with Gasteiger partial charge in [0.25, 0.3) is 5.91 Å². The summed E-state index contributed by atoms with van der Waals surface area (Å²) in [5.74, 6) is -0.990. The molecule has 2 aromatic rings. The number of ketones is 1. The Labute approximate surface area is 134 Å². The van der Waals surface area contributed by atoms with Crippen molar-refractivity contribution < 1.29 is 14.0 Å². The van der Waals surface area contributed by atoms with Crippen LogP contribution in [0.25, 0.3) is 0 Å². The molecule has 0 radical (unpaired) electrons. The fraction of sp³-hybridized carbons (Fsp3) is 0.278. The molecule has 0 aliphatic carbocycles. The summed E-state index contributed by atoms with van der Waals surface area (Å²) in [6.45, 7) is 0.549. The zero-order valence-electron chi connectivity index (χ0n) is 12.6. The van der Waals surface area contributed by atoms with E-state index in [1.54, 1.807) is 17.0 Å². The van der Waals surface area contributed by atoms with E-state index in [4.69, 9.17) is 0 Å². The molecule has 0 unspecified atom stereocenters. The molecule has 1 atom stereocenters. The highest BCUT2D eigenvalue weighted by atomic mass is 19.1. The first kappa shape index (κ1) is 15.3. The van der Waals surface area contributed by atoms with Gasteiger partial charge in [0.1, 0.15) is 0 Å². The highest BCUT2D eigenvalue weighted by Crippen LogP contribution is 2.24. The summed E-state index contributed by atoms with van der Waals surface area (Å²) in [7, 11) is 0. The third kappa shape index (κ3) is 3.28. The molecule has 0 saturated carbocycles. The molecule has 3 rings (SSSR count). The van der Waals surface area contributed by atoms with Crippen LogP contribution in [0, 0.1) is 5.82 Å². The minimum atomic E-state index is -0.627. The van der Waals surface area contributed by atoms with Gasteiger partial charge in [0.2, 0.25) is 0 Å². The van der Waals surface area contributed by atoms with Crippen molar-refractivity contribution in [2.45, 2.75) is 25.3 Å². The van der Waals surface area contributed by atoms with Crippen LogP contribution in [0.3, 0.4) is 0 Å². The Bertz CT molecular complexity index is 718. The summed E-state index contributed by atoms with van der Waals surface area (Å²) in [6.07, 6.45) is 4.29. The van der Waals surface area contributed by atoms with Gasteiger partial charge in [-0.15, -0.1) is 0 Å². The van der Waals surface area contributed by atoms with E-state index in [2.05, 4.69) is 4.98 Å². The van der Waals surface area contributed by atoms with E-state index in [0.29, 0.717) is 12.1 Å².